The molecule has 0 saturated carbocycles. The first-order chi connectivity index (χ1) is 8.19. The molecule has 1 atom stereocenters. The molecule has 0 aromatic heterocycles. The zero-order chi connectivity index (χ0) is 12.7. The highest BCUT2D eigenvalue weighted by molar-refractivity contribution is 5.81. The zero-order valence-electron chi connectivity index (χ0n) is 11.1. The Balaban J connectivity index is 2.28. The summed E-state index contributed by atoms with van der Waals surface area (Å²) >= 11 is 0. The van der Waals surface area contributed by atoms with Crippen LogP contribution in [0.1, 0.15) is 20.3 Å². The summed E-state index contributed by atoms with van der Waals surface area (Å²) in [5.74, 6) is 0.142. The van der Waals surface area contributed by atoms with Gasteiger partial charge < -0.3 is 16.0 Å². The van der Waals surface area contributed by atoms with Crippen LogP contribution in [0.15, 0.2) is 0 Å². The van der Waals surface area contributed by atoms with Crippen LogP contribution in [0.2, 0.25) is 0 Å². The standard InChI is InChI=1S/C12H26N4O/c1-3-14-12(17)11(2)16-9-7-15(8-10-16)6-4-5-13/h11H,3-10,13H2,1-2H3,(H,14,17). The van der Waals surface area contributed by atoms with Gasteiger partial charge in [0.2, 0.25) is 5.91 Å². The van der Waals surface area contributed by atoms with Crippen molar-refractivity contribution in [2.24, 2.45) is 5.73 Å². The summed E-state index contributed by atoms with van der Waals surface area (Å²) in [5.41, 5.74) is 5.50. The van der Waals surface area contributed by atoms with Crippen LogP contribution in [0.5, 0.6) is 0 Å². The molecule has 0 aliphatic carbocycles. The lowest BCUT2D eigenvalue weighted by molar-refractivity contribution is -0.126. The highest BCUT2D eigenvalue weighted by atomic mass is 16.2. The van der Waals surface area contributed by atoms with Crippen LogP contribution in [0.25, 0.3) is 0 Å². The van der Waals surface area contributed by atoms with Crippen LogP contribution >= 0.6 is 0 Å². The molecule has 0 spiro atoms. The van der Waals surface area contributed by atoms with Crippen molar-refractivity contribution >= 4 is 5.91 Å². The van der Waals surface area contributed by atoms with Crippen molar-refractivity contribution in [2.45, 2.75) is 26.3 Å². The minimum Gasteiger partial charge on any atom is -0.355 e. The van der Waals surface area contributed by atoms with Gasteiger partial charge in [0.05, 0.1) is 6.04 Å². The van der Waals surface area contributed by atoms with E-state index in [9.17, 15) is 4.79 Å². The minimum atomic E-state index is -0.00777. The van der Waals surface area contributed by atoms with Gasteiger partial charge in [0.25, 0.3) is 0 Å². The number of carbonyl (C=O) groups excluding carboxylic acids is 1. The van der Waals surface area contributed by atoms with Gasteiger partial charge in [-0.3, -0.25) is 9.69 Å². The van der Waals surface area contributed by atoms with Crippen LogP contribution in [0, 0.1) is 0 Å². The van der Waals surface area contributed by atoms with E-state index in [1.54, 1.807) is 0 Å². The van der Waals surface area contributed by atoms with E-state index in [-0.39, 0.29) is 11.9 Å². The molecule has 5 heteroatoms. The summed E-state index contributed by atoms with van der Waals surface area (Å²) in [4.78, 5) is 16.4. The second-order valence-corrected chi connectivity index (χ2v) is 4.59. The predicted molar refractivity (Wildman–Crippen MR) is 69.8 cm³/mol. The molecule has 100 valence electrons. The molecular weight excluding hydrogens is 216 g/mol. The minimum absolute atomic E-state index is 0.00777. The van der Waals surface area contributed by atoms with Crippen LogP contribution in [-0.2, 0) is 4.79 Å². The molecule has 1 aliphatic heterocycles. The topological polar surface area (TPSA) is 61.6 Å². The smallest absolute Gasteiger partial charge is 0.237 e. The SMILES string of the molecule is CCNC(=O)C(C)N1CCN(CCCN)CC1. The lowest BCUT2D eigenvalue weighted by atomic mass is 10.2. The number of hydrogen-bond acceptors (Lipinski definition) is 4. The lowest BCUT2D eigenvalue weighted by Gasteiger charge is -2.37. The molecule has 0 radical (unpaired) electrons. The fourth-order valence-corrected chi connectivity index (χ4v) is 2.18. The van der Waals surface area contributed by atoms with E-state index >= 15 is 0 Å². The largest absolute Gasteiger partial charge is 0.355 e. The highest BCUT2D eigenvalue weighted by Crippen LogP contribution is 2.06. The molecule has 3 N–H and O–H groups in total. The van der Waals surface area contributed by atoms with Gasteiger partial charge in [-0.1, -0.05) is 0 Å². The highest BCUT2D eigenvalue weighted by Gasteiger charge is 2.24. The Kier molecular flexibility index (Phi) is 6.47. The van der Waals surface area contributed by atoms with Crippen LogP contribution < -0.4 is 11.1 Å². The third kappa shape index (κ3) is 4.61. The number of hydrogen-bond donors (Lipinski definition) is 2. The number of rotatable bonds is 6. The Hall–Kier alpha value is -0.650. The molecule has 0 aromatic carbocycles. The van der Waals surface area contributed by atoms with E-state index in [0.29, 0.717) is 6.54 Å². The van der Waals surface area contributed by atoms with E-state index in [2.05, 4.69) is 15.1 Å². The molecule has 1 amide bonds. The Morgan fingerprint density at radius 2 is 2.00 bits per heavy atom. The summed E-state index contributed by atoms with van der Waals surface area (Å²) < 4.78 is 0. The summed E-state index contributed by atoms with van der Waals surface area (Å²) in [7, 11) is 0. The second kappa shape index (κ2) is 7.63. The Morgan fingerprint density at radius 3 is 2.53 bits per heavy atom. The third-order valence-corrected chi connectivity index (χ3v) is 3.36. The van der Waals surface area contributed by atoms with Gasteiger partial charge in [-0.15, -0.1) is 0 Å². The van der Waals surface area contributed by atoms with Gasteiger partial charge in [-0.25, -0.2) is 0 Å². The maximum atomic E-state index is 11.7. The van der Waals surface area contributed by atoms with E-state index in [4.69, 9.17) is 5.73 Å². The average Bonchev–Trinajstić information content (AvgIpc) is 2.36. The van der Waals surface area contributed by atoms with Crippen molar-refractivity contribution in [1.29, 1.82) is 0 Å². The quantitative estimate of drug-likeness (QED) is 0.658. The van der Waals surface area contributed by atoms with Crippen LogP contribution in [0.3, 0.4) is 0 Å². The predicted octanol–water partition coefficient (Wildman–Crippen LogP) is -0.523. The van der Waals surface area contributed by atoms with Crippen molar-refractivity contribution < 1.29 is 4.79 Å². The molecule has 1 fully saturated rings. The number of nitrogens with one attached hydrogen (secondary N) is 1. The monoisotopic (exact) mass is 242 g/mol. The first-order valence-electron chi connectivity index (χ1n) is 6.63. The lowest BCUT2D eigenvalue weighted by Crippen LogP contribution is -2.54. The van der Waals surface area contributed by atoms with Crippen molar-refractivity contribution in [3.63, 3.8) is 0 Å². The number of nitrogens with zero attached hydrogens (tertiary/aromatic N) is 2. The third-order valence-electron chi connectivity index (χ3n) is 3.36. The van der Waals surface area contributed by atoms with Gasteiger partial charge in [0.15, 0.2) is 0 Å². The van der Waals surface area contributed by atoms with E-state index < -0.39 is 0 Å². The first kappa shape index (κ1) is 14.4. The fourth-order valence-electron chi connectivity index (χ4n) is 2.18. The molecule has 5 nitrogen and oxygen atoms in total. The van der Waals surface area contributed by atoms with Crippen molar-refractivity contribution in [3.8, 4) is 0 Å². The Bertz CT molecular complexity index is 227. The average molecular weight is 242 g/mol. The normalized spacial score (nSPS) is 20.2. The zero-order valence-corrected chi connectivity index (χ0v) is 11.1. The number of amides is 1. The van der Waals surface area contributed by atoms with Gasteiger partial charge in [-0.2, -0.15) is 0 Å². The summed E-state index contributed by atoms with van der Waals surface area (Å²) in [6, 6.07) is -0.00777. The summed E-state index contributed by atoms with van der Waals surface area (Å²) in [5, 5.41) is 2.88. The maximum absolute atomic E-state index is 11.7. The van der Waals surface area contributed by atoms with Gasteiger partial charge in [-0.05, 0) is 33.4 Å². The number of piperazine rings is 1. The van der Waals surface area contributed by atoms with Crippen LogP contribution in [-0.4, -0.2) is 67.6 Å². The molecular formula is C12H26N4O. The van der Waals surface area contributed by atoms with Crippen molar-refractivity contribution in [3.05, 3.63) is 0 Å². The summed E-state index contributed by atoms with van der Waals surface area (Å²) in [6.45, 7) is 10.5. The molecule has 1 saturated heterocycles. The van der Waals surface area contributed by atoms with Gasteiger partial charge >= 0.3 is 0 Å². The number of likely N-dealkylation sites (N-methyl/N-ethyl adjacent to an activating group) is 1. The Morgan fingerprint density at radius 1 is 1.35 bits per heavy atom. The van der Waals surface area contributed by atoms with Crippen LogP contribution in [0.4, 0.5) is 0 Å². The van der Waals surface area contributed by atoms with E-state index in [0.717, 1.165) is 45.7 Å². The Labute approximate surface area is 104 Å². The maximum Gasteiger partial charge on any atom is 0.237 e. The van der Waals surface area contributed by atoms with Gasteiger partial charge in [0, 0.05) is 32.7 Å². The molecule has 1 unspecified atom stereocenters. The number of carbonyl (C=O) groups is 1. The number of nitrogens with two attached hydrogens (primary N) is 1. The molecule has 17 heavy (non-hydrogen) atoms. The van der Waals surface area contributed by atoms with E-state index in [1.807, 2.05) is 13.8 Å². The van der Waals surface area contributed by atoms with Crippen molar-refractivity contribution in [2.75, 3.05) is 45.8 Å². The summed E-state index contributed by atoms with van der Waals surface area (Å²) in [6.07, 6.45) is 1.06. The molecule has 0 aromatic rings. The van der Waals surface area contributed by atoms with E-state index in [1.165, 1.54) is 0 Å². The second-order valence-electron chi connectivity index (χ2n) is 4.59. The van der Waals surface area contributed by atoms with Gasteiger partial charge in [0.1, 0.15) is 0 Å². The molecule has 0 bridgehead atoms. The fraction of sp³-hybridized carbons (Fsp3) is 0.917. The molecule has 1 rings (SSSR count). The molecule has 1 heterocycles. The van der Waals surface area contributed by atoms with Crippen molar-refractivity contribution in [1.82, 2.24) is 15.1 Å². The first-order valence-corrected chi connectivity index (χ1v) is 6.63. The molecule has 1 aliphatic rings.